The minimum Gasteiger partial charge on any atom is -0.361 e. The highest BCUT2D eigenvalue weighted by Crippen LogP contribution is 2.63. The molecule has 1 atom stereocenters. The number of aromatic nitrogens is 2. The Kier molecular flexibility index (Phi) is 4.82. The molecule has 2 radical (unpaired) electrons. The van der Waals surface area contributed by atoms with Crippen molar-refractivity contribution < 1.29 is 28.5 Å². The average molecular weight is 408 g/mol. The number of hydrogen-bond donors (Lipinski definition) is 1. The van der Waals surface area contributed by atoms with Gasteiger partial charge in [0.15, 0.2) is 5.82 Å². The number of hydrogen-bond acceptors (Lipinski definition) is 5. The van der Waals surface area contributed by atoms with Crippen molar-refractivity contribution in [1.82, 2.24) is 14.9 Å². The Hall–Kier alpha value is -2.53. The van der Waals surface area contributed by atoms with E-state index in [1.807, 2.05) is 0 Å². The number of nitrogens with zero attached hydrogens (tertiary/aromatic N) is 3. The molecule has 1 aliphatic heterocycles. The fourth-order valence-corrected chi connectivity index (χ4v) is 3.68. The van der Waals surface area contributed by atoms with Crippen LogP contribution in [-0.4, -0.2) is 54.4 Å². The zero-order valence-electron chi connectivity index (χ0n) is 15.1. The lowest BCUT2D eigenvalue weighted by molar-refractivity contribution is -0.119. The van der Waals surface area contributed by atoms with Gasteiger partial charge in [0, 0.05) is 20.0 Å². The van der Waals surface area contributed by atoms with Gasteiger partial charge in [-0.15, -0.1) is 0 Å². The number of ether oxygens (including phenoxy) is 1. The molecular formula is C18H17BF4N4O2. The van der Waals surface area contributed by atoms with Gasteiger partial charge in [0.05, 0.1) is 37.7 Å². The summed E-state index contributed by atoms with van der Waals surface area (Å²) in [7, 11) is 5.60. The maximum absolute atomic E-state index is 14.7. The summed E-state index contributed by atoms with van der Waals surface area (Å²) in [5.41, 5.74) is -1.84. The highest BCUT2D eigenvalue weighted by atomic mass is 19.3. The van der Waals surface area contributed by atoms with Crippen LogP contribution in [0.2, 0.25) is 0 Å². The number of fused-ring (bicyclic) bond motifs is 2. The second kappa shape index (κ2) is 7.07. The van der Waals surface area contributed by atoms with Crippen LogP contribution in [0.25, 0.3) is 0 Å². The van der Waals surface area contributed by atoms with E-state index in [1.165, 1.54) is 17.0 Å². The summed E-state index contributed by atoms with van der Waals surface area (Å²) in [6.07, 6.45) is 1.21. The van der Waals surface area contributed by atoms with Gasteiger partial charge in [-0.05, 0) is 5.56 Å². The van der Waals surface area contributed by atoms with E-state index in [4.69, 9.17) is 12.6 Å². The molecule has 1 spiro atoms. The molecule has 1 aromatic carbocycles. The van der Waals surface area contributed by atoms with Crippen molar-refractivity contribution in [1.29, 1.82) is 0 Å². The van der Waals surface area contributed by atoms with Crippen molar-refractivity contribution in [2.75, 3.05) is 25.1 Å². The minimum absolute atomic E-state index is 0. The first kappa shape index (κ1) is 19.8. The van der Waals surface area contributed by atoms with Crippen LogP contribution < -0.4 is 10.8 Å². The fourth-order valence-electron chi connectivity index (χ4n) is 3.68. The normalized spacial score (nSPS) is 23.2. The molecule has 1 saturated carbocycles. The summed E-state index contributed by atoms with van der Waals surface area (Å²) in [5, 5.41) is 2.35. The third-order valence-electron chi connectivity index (χ3n) is 5.10. The molecule has 1 aromatic heterocycles. The number of carbonyl (C=O) groups is 1. The van der Waals surface area contributed by atoms with Crippen molar-refractivity contribution in [2.45, 2.75) is 24.4 Å². The molecule has 1 N–H and O–H groups in total. The van der Waals surface area contributed by atoms with E-state index in [0.29, 0.717) is 5.56 Å². The maximum Gasteiger partial charge on any atom is 0.260 e. The molecule has 0 bridgehead atoms. The third-order valence-corrected chi connectivity index (χ3v) is 5.10. The van der Waals surface area contributed by atoms with E-state index in [-0.39, 0.29) is 44.8 Å². The largest absolute Gasteiger partial charge is 0.361 e. The van der Waals surface area contributed by atoms with Gasteiger partial charge in [-0.1, -0.05) is 17.6 Å². The Morgan fingerprint density at radius 3 is 2.66 bits per heavy atom. The number of rotatable bonds is 3. The lowest BCUT2D eigenvalue weighted by atomic mass is 9.83. The first-order valence-electron chi connectivity index (χ1n) is 8.74. The van der Waals surface area contributed by atoms with E-state index in [1.54, 1.807) is 0 Å². The molecule has 1 fully saturated rings. The van der Waals surface area contributed by atoms with E-state index >= 15 is 0 Å². The van der Waals surface area contributed by atoms with Gasteiger partial charge in [0.2, 0.25) is 11.9 Å². The minimum atomic E-state index is -3.14. The quantitative estimate of drug-likeness (QED) is 0.616. The summed E-state index contributed by atoms with van der Waals surface area (Å²) in [6, 6.07) is 2.80. The van der Waals surface area contributed by atoms with Gasteiger partial charge in [0.25, 0.3) is 5.92 Å². The molecule has 2 aromatic rings. The van der Waals surface area contributed by atoms with Crippen LogP contribution in [0.4, 0.5) is 23.5 Å². The molecule has 2 aliphatic rings. The van der Waals surface area contributed by atoms with Crippen LogP contribution in [-0.2, 0) is 21.6 Å². The van der Waals surface area contributed by atoms with Crippen molar-refractivity contribution in [3.8, 4) is 0 Å². The molecule has 1 aliphatic carbocycles. The van der Waals surface area contributed by atoms with E-state index in [9.17, 15) is 22.4 Å². The lowest BCUT2D eigenvalue weighted by Gasteiger charge is -2.32. The smallest absolute Gasteiger partial charge is 0.260 e. The number of halogens is 4. The van der Waals surface area contributed by atoms with Crippen LogP contribution in [0, 0.1) is 11.6 Å². The molecular weight excluding hydrogens is 391 g/mol. The van der Waals surface area contributed by atoms with Crippen molar-refractivity contribution in [3.05, 3.63) is 47.3 Å². The molecule has 152 valence electrons. The Morgan fingerprint density at radius 2 is 2.00 bits per heavy atom. The van der Waals surface area contributed by atoms with Crippen LogP contribution in [0.15, 0.2) is 24.5 Å². The molecule has 29 heavy (non-hydrogen) atoms. The van der Waals surface area contributed by atoms with Gasteiger partial charge in [-0.25, -0.2) is 27.5 Å². The van der Waals surface area contributed by atoms with Gasteiger partial charge < -0.3 is 4.74 Å². The number of amides is 1. The molecule has 11 heteroatoms. The first-order chi connectivity index (χ1) is 13.7. The number of anilines is 1. The van der Waals surface area contributed by atoms with Gasteiger partial charge in [0.1, 0.15) is 13.7 Å². The third kappa shape index (κ3) is 3.60. The van der Waals surface area contributed by atoms with E-state index in [0.717, 1.165) is 12.4 Å². The second-order valence-electron chi connectivity index (χ2n) is 7.20. The Bertz CT molecular complexity index is 966. The maximum atomic E-state index is 14.7. The highest BCUT2D eigenvalue weighted by Gasteiger charge is 2.73. The number of alkyl halides is 2. The lowest BCUT2D eigenvalue weighted by Crippen LogP contribution is -2.44. The number of carbonyl (C=O) groups excluding carboxylic acids is 1. The highest BCUT2D eigenvalue weighted by molar-refractivity contribution is 6.32. The number of nitrogens with one attached hydrogen (secondary N) is 1. The monoisotopic (exact) mass is 408 g/mol. The van der Waals surface area contributed by atoms with Crippen molar-refractivity contribution in [2.24, 2.45) is 0 Å². The molecule has 2 heterocycles. The van der Waals surface area contributed by atoms with Crippen LogP contribution in [0.5, 0.6) is 0 Å². The van der Waals surface area contributed by atoms with Crippen LogP contribution in [0.3, 0.4) is 0 Å². The van der Waals surface area contributed by atoms with Gasteiger partial charge >= 0.3 is 0 Å². The van der Waals surface area contributed by atoms with Crippen molar-refractivity contribution in [3.63, 3.8) is 0 Å². The predicted molar refractivity (Wildman–Crippen MR) is 97.0 cm³/mol. The Morgan fingerprint density at radius 1 is 1.31 bits per heavy atom. The molecule has 0 saturated heterocycles. The molecule has 1 amide bonds. The zero-order chi connectivity index (χ0) is 20.8. The topological polar surface area (TPSA) is 67.4 Å². The summed E-state index contributed by atoms with van der Waals surface area (Å²) in [6.45, 7) is -0.826. The Balaban J connectivity index is 0.00000256. The summed E-state index contributed by atoms with van der Waals surface area (Å²) in [5.74, 6) is -5.41. The molecule has 0 unspecified atom stereocenters. The standard InChI is InChI=1S/C18H15BF4N4O2.H2/c19-12-2-1-10-6-29-9-27(5-13(28)26-16-24-3-11(20)4-25-16)8-17(7-18(17,22)23)14(10)15(12)21;/h1-4H,5-9H2,(H,24,25,26,28);1H/t17-;/m1./s1. The van der Waals surface area contributed by atoms with Gasteiger partial charge in [-0.3, -0.25) is 15.0 Å². The summed E-state index contributed by atoms with van der Waals surface area (Å²) < 4.78 is 61.9. The average Bonchev–Trinajstić information content (AvgIpc) is 3.19. The molecule has 4 rings (SSSR count). The summed E-state index contributed by atoms with van der Waals surface area (Å²) in [4.78, 5) is 20.8. The van der Waals surface area contributed by atoms with Gasteiger partial charge in [-0.2, -0.15) is 0 Å². The van der Waals surface area contributed by atoms with Crippen LogP contribution >= 0.6 is 0 Å². The fraction of sp³-hybridized carbons (Fsp3) is 0.389. The molecule has 6 nitrogen and oxygen atoms in total. The Labute approximate surface area is 166 Å². The van der Waals surface area contributed by atoms with E-state index in [2.05, 4.69) is 15.3 Å². The van der Waals surface area contributed by atoms with Crippen LogP contribution in [0.1, 0.15) is 19.0 Å². The van der Waals surface area contributed by atoms with E-state index < -0.39 is 35.3 Å². The second-order valence-corrected chi connectivity index (χ2v) is 7.20. The zero-order valence-corrected chi connectivity index (χ0v) is 15.1. The SMILES string of the molecule is [B]c1ccc2c(c1F)[C@]1(CN(CC(=O)Nc3ncc(F)cn3)COC2)CC1(F)F.[HH]. The predicted octanol–water partition coefficient (Wildman–Crippen LogP) is 1.50. The first-order valence-corrected chi connectivity index (χ1v) is 8.74. The number of benzene rings is 1. The van der Waals surface area contributed by atoms with Crippen molar-refractivity contribution >= 4 is 25.2 Å². The summed E-state index contributed by atoms with van der Waals surface area (Å²) >= 11 is 0.